The zero-order valence-electron chi connectivity index (χ0n) is 12.2. The van der Waals surface area contributed by atoms with Gasteiger partial charge in [0.2, 0.25) is 16.0 Å². The molecule has 0 aliphatic carbocycles. The van der Waals surface area contributed by atoms with Crippen molar-refractivity contribution in [1.82, 2.24) is 19.8 Å². The summed E-state index contributed by atoms with van der Waals surface area (Å²) in [6, 6.07) is 0. The van der Waals surface area contributed by atoms with Crippen LogP contribution in [0.5, 0.6) is 0 Å². The van der Waals surface area contributed by atoms with Gasteiger partial charge in [-0.15, -0.1) is 15.3 Å². The molecule has 110 valence electrons. The molecule has 0 atom stereocenters. The standard InChI is InChI=1S/C13H21N5OS/c1-4-7-8-10-15-16-13-18(10)17-12(20-13)14-11(19)9(5-2)6-3/h9H,4-8H2,1-3H3,(H,14,17,19). The molecule has 2 aromatic rings. The molecule has 6 nitrogen and oxygen atoms in total. The number of nitrogens with one attached hydrogen (secondary N) is 1. The van der Waals surface area contributed by atoms with E-state index < -0.39 is 0 Å². The average Bonchev–Trinajstić information content (AvgIpc) is 2.98. The normalized spacial score (nSPS) is 11.4. The minimum absolute atomic E-state index is 0.0371. The van der Waals surface area contributed by atoms with Crippen molar-refractivity contribution in [1.29, 1.82) is 0 Å². The molecule has 0 saturated heterocycles. The summed E-state index contributed by atoms with van der Waals surface area (Å²) >= 11 is 1.36. The van der Waals surface area contributed by atoms with Crippen LogP contribution in [0.3, 0.4) is 0 Å². The van der Waals surface area contributed by atoms with E-state index in [-0.39, 0.29) is 11.8 Å². The quantitative estimate of drug-likeness (QED) is 0.852. The number of hydrogen-bond donors (Lipinski definition) is 1. The van der Waals surface area contributed by atoms with Gasteiger partial charge in [0.25, 0.3) is 0 Å². The van der Waals surface area contributed by atoms with Gasteiger partial charge in [0, 0.05) is 12.3 Å². The first-order chi connectivity index (χ1) is 9.69. The Morgan fingerprint density at radius 3 is 2.70 bits per heavy atom. The Bertz CT molecular complexity index is 572. The Labute approximate surface area is 122 Å². The van der Waals surface area contributed by atoms with Crippen molar-refractivity contribution in [3.8, 4) is 0 Å². The largest absolute Gasteiger partial charge is 0.300 e. The number of unbranched alkanes of at least 4 members (excludes halogenated alkanes) is 1. The molecule has 2 rings (SSSR count). The maximum atomic E-state index is 12.0. The smallest absolute Gasteiger partial charge is 0.236 e. The molecule has 0 unspecified atom stereocenters. The van der Waals surface area contributed by atoms with E-state index in [1.807, 2.05) is 13.8 Å². The van der Waals surface area contributed by atoms with E-state index in [2.05, 4.69) is 27.5 Å². The van der Waals surface area contributed by atoms with Gasteiger partial charge in [-0.1, -0.05) is 38.5 Å². The summed E-state index contributed by atoms with van der Waals surface area (Å²) in [7, 11) is 0. The molecule has 0 radical (unpaired) electrons. The van der Waals surface area contributed by atoms with Crippen LogP contribution < -0.4 is 5.32 Å². The van der Waals surface area contributed by atoms with E-state index in [0.29, 0.717) is 5.13 Å². The maximum Gasteiger partial charge on any atom is 0.236 e. The summed E-state index contributed by atoms with van der Waals surface area (Å²) in [5, 5.41) is 16.1. The highest BCUT2D eigenvalue weighted by molar-refractivity contribution is 7.20. The molecule has 0 aromatic carbocycles. The van der Waals surface area contributed by atoms with Gasteiger partial charge in [0.15, 0.2) is 5.82 Å². The fourth-order valence-corrected chi connectivity index (χ4v) is 2.83. The van der Waals surface area contributed by atoms with Crippen LogP contribution in [0.25, 0.3) is 4.96 Å². The molecule has 1 amide bonds. The predicted molar refractivity (Wildman–Crippen MR) is 80.0 cm³/mol. The molecule has 0 aliphatic heterocycles. The van der Waals surface area contributed by atoms with Crippen molar-refractivity contribution in [2.75, 3.05) is 5.32 Å². The molecule has 2 heterocycles. The monoisotopic (exact) mass is 295 g/mol. The molecule has 0 aliphatic rings. The molecule has 20 heavy (non-hydrogen) atoms. The van der Waals surface area contributed by atoms with Crippen LogP contribution in [0.2, 0.25) is 0 Å². The van der Waals surface area contributed by atoms with E-state index in [1.54, 1.807) is 4.52 Å². The van der Waals surface area contributed by atoms with Gasteiger partial charge < -0.3 is 5.32 Å². The molecular formula is C13H21N5OS. The number of anilines is 1. The minimum atomic E-state index is 0.0371. The third kappa shape index (κ3) is 3.15. The number of rotatable bonds is 7. The van der Waals surface area contributed by atoms with Crippen molar-refractivity contribution in [2.45, 2.75) is 52.9 Å². The Balaban J connectivity index is 2.11. The Kier molecular flexibility index (Phi) is 5.05. The first-order valence-corrected chi connectivity index (χ1v) is 8.03. The summed E-state index contributed by atoms with van der Waals surface area (Å²) < 4.78 is 1.74. The van der Waals surface area contributed by atoms with E-state index in [0.717, 1.165) is 42.9 Å². The first kappa shape index (κ1) is 14.9. The zero-order chi connectivity index (χ0) is 14.5. The number of carbonyl (C=O) groups excluding carboxylic acids is 1. The number of nitrogens with zero attached hydrogens (tertiary/aromatic N) is 4. The van der Waals surface area contributed by atoms with Gasteiger partial charge >= 0.3 is 0 Å². The number of hydrogen-bond acceptors (Lipinski definition) is 5. The highest BCUT2D eigenvalue weighted by atomic mass is 32.1. The number of aromatic nitrogens is 4. The van der Waals surface area contributed by atoms with Gasteiger partial charge in [0.05, 0.1) is 0 Å². The van der Waals surface area contributed by atoms with Gasteiger partial charge in [-0.3, -0.25) is 4.79 Å². The second kappa shape index (κ2) is 6.78. The van der Waals surface area contributed by atoms with Crippen LogP contribution in [-0.4, -0.2) is 25.7 Å². The fourth-order valence-electron chi connectivity index (χ4n) is 2.07. The summed E-state index contributed by atoms with van der Waals surface area (Å²) in [6.45, 7) is 6.19. The lowest BCUT2D eigenvalue weighted by Gasteiger charge is -2.10. The molecule has 0 spiro atoms. The Morgan fingerprint density at radius 1 is 1.30 bits per heavy atom. The minimum Gasteiger partial charge on any atom is -0.300 e. The van der Waals surface area contributed by atoms with Crippen molar-refractivity contribution in [3.63, 3.8) is 0 Å². The van der Waals surface area contributed by atoms with E-state index in [4.69, 9.17) is 0 Å². The predicted octanol–water partition coefficient (Wildman–Crippen LogP) is 2.90. The number of amides is 1. The summed E-state index contributed by atoms with van der Waals surface area (Å²) in [6.07, 6.45) is 4.72. The second-order valence-electron chi connectivity index (χ2n) is 4.82. The SMILES string of the molecule is CCCCc1nnc2sc(NC(=O)C(CC)CC)nn12. The van der Waals surface area contributed by atoms with Gasteiger partial charge in [-0.05, 0) is 19.3 Å². The summed E-state index contributed by atoms with van der Waals surface area (Å²) in [4.78, 5) is 12.8. The molecule has 7 heteroatoms. The third-order valence-electron chi connectivity index (χ3n) is 3.40. The van der Waals surface area contributed by atoms with Gasteiger partial charge in [-0.2, -0.15) is 4.52 Å². The maximum absolute atomic E-state index is 12.0. The Hall–Kier alpha value is -1.50. The molecule has 2 aromatic heterocycles. The van der Waals surface area contributed by atoms with Gasteiger partial charge in [0.1, 0.15) is 0 Å². The highest BCUT2D eigenvalue weighted by Crippen LogP contribution is 2.21. The molecule has 0 bridgehead atoms. The summed E-state index contributed by atoms with van der Waals surface area (Å²) in [5.74, 6) is 0.945. The van der Waals surface area contributed by atoms with Gasteiger partial charge in [-0.25, -0.2) is 0 Å². The van der Waals surface area contributed by atoms with Crippen LogP contribution in [0.1, 0.15) is 52.3 Å². The van der Waals surface area contributed by atoms with Crippen molar-refractivity contribution >= 4 is 27.3 Å². The Morgan fingerprint density at radius 2 is 2.05 bits per heavy atom. The van der Waals surface area contributed by atoms with Crippen LogP contribution in [0.15, 0.2) is 0 Å². The zero-order valence-corrected chi connectivity index (χ0v) is 13.0. The topological polar surface area (TPSA) is 72.2 Å². The second-order valence-corrected chi connectivity index (χ2v) is 5.78. The average molecular weight is 295 g/mol. The van der Waals surface area contributed by atoms with E-state index >= 15 is 0 Å². The summed E-state index contributed by atoms with van der Waals surface area (Å²) in [5.41, 5.74) is 0. The van der Waals surface area contributed by atoms with Crippen LogP contribution >= 0.6 is 11.3 Å². The van der Waals surface area contributed by atoms with Crippen LogP contribution in [0, 0.1) is 5.92 Å². The number of carbonyl (C=O) groups is 1. The molecular weight excluding hydrogens is 274 g/mol. The van der Waals surface area contributed by atoms with Crippen molar-refractivity contribution in [2.24, 2.45) is 5.92 Å². The third-order valence-corrected chi connectivity index (χ3v) is 4.21. The number of aryl methyl sites for hydroxylation is 1. The van der Waals surface area contributed by atoms with Crippen LogP contribution in [-0.2, 0) is 11.2 Å². The van der Waals surface area contributed by atoms with E-state index in [9.17, 15) is 4.79 Å². The fraction of sp³-hybridized carbons (Fsp3) is 0.692. The number of fused-ring (bicyclic) bond motifs is 1. The lowest BCUT2D eigenvalue weighted by atomic mass is 10.0. The van der Waals surface area contributed by atoms with Crippen molar-refractivity contribution in [3.05, 3.63) is 5.82 Å². The lowest BCUT2D eigenvalue weighted by Crippen LogP contribution is -2.21. The lowest BCUT2D eigenvalue weighted by molar-refractivity contribution is -0.120. The molecule has 1 N–H and O–H groups in total. The molecule has 0 fully saturated rings. The van der Waals surface area contributed by atoms with Crippen LogP contribution in [0.4, 0.5) is 5.13 Å². The molecule has 0 saturated carbocycles. The first-order valence-electron chi connectivity index (χ1n) is 7.21. The highest BCUT2D eigenvalue weighted by Gasteiger charge is 2.17. The van der Waals surface area contributed by atoms with E-state index in [1.165, 1.54) is 11.3 Å². The van der Waals surface area contributed by atoms with Crippen molar-refractivity contribution < 1.29 is 4.79 Å².